The number of aromatic nitrogens is 2. The van der Waals surface area contributed by atoms with Gasteiger partial charge in [-0.15, -0.1) is 0 Å². The Morgan fingerprint density at radius 1 is 1.19 bits per heavy atom. The number of rotatable bonds is 6. The van der Waals surface area contributed by atoms with Gasteiger partial charge < -0.3 is 19.3 Å². The Hall–Kier alpha value is -2.03. The highest BCUT2D eigenvalue weighted by Gasteiger charge is 2.76. The molecule has 230 valence electrons. The first-order valence-electron chi connectivity index (χ1n) is 16.5. The Labute approximate surface area is 249 Å². The lowest BCUT2D eigenvalue weighted by atomic mass is 9.45. The van der Waals surface area contributed by atoms with Gasteiger partial charge >= 0.3 is 5.97 Å². The Morgan fingerprint density at radius 3 is 2.74 bits per heavy atom. The highest BCUT2D eigenvalue weighted by atomic mass is 16.7. The van der Waals surface area contributed by atoms with E-state index >= 15 is 0 Å². The van der Waals surface area contributed by atoms with E-state index in [4.69, 9.17) is 14.2 Å². The number of esters is 1. The summed E-state index contributed by atoms with van der Waals surface area (Å²) in [5.41, 5.74) is 1.73. The minimum atomic E-state index is -1.21. The van der Waals surface area contributed by atoms with Gasteiger partial charge in [0.1, 0.15) is 0 Å². The van der Waals surface area contributed by atoms with Crippen molar-refractivity contribution in [2.24, 2.45) is 41.5 Å². The summed E-state index contributed by atoms with van der Waals surface area (Å²) >= 11 is 0. The van der Waals surface area contributed by atoms with Gasteiger partial charge in [0, 0.05) is 31.0 Å². The van der Waals surface area contributed by atoms with Crippen LogP contribution < -0.4 is 0 Å². The van der Waals surface area contributed by atoms with Crippen LogP contribution in [0.25, 0.3) is 6.08 Å². The standard InChI is InChI=1S/C34H48N2O6/c1-5-9-29(39)40-19-27(38)34-28(41-31(42-34)20-10-7-6-8-11-20)15-24-23-13-12-22-14-25-21(18-36(4)35-25)16-32(22,2)30(23)26(37)17-33(24,34)3/h14,18,20,23-24,26,28,30-31,37H,5-13,15-17,19H2,1-4H3/t23-,24-,26-,28+,30+,31?,32-,33-,34+/m0/s1. The first-order valence-corrected chi connectivity index (χ1v) is 16.5. The fraction of sp³-hybridized carbons (Fsp3) is 0.794. The highest BCUT2D eigenvalue weighted by Crippen LogP contribution is 2.70. The van der Waals surface area contributed by atoms with Crippen LogP contribution in [-0.4, -0.2) is 57.3 Å². The molecule has 6 aliphatic rings. The van der Waals surface area contributed by atoms with Crippen molar-refractivity contribution in [1.29, 1.82) is 0 Å². The number of aryl methyl sites for hydroxylation is 1. The lowest BCUT2D eigenvalue weighted by Gasteiger charge is -2.60. The summed E-state index contributed by atoms with van der Waals surface area (Å²) in [4.78, 5) is 26.7. The van der Waals surface area contributed by atoms with E-state index in [-0.39, 0.29) is 53.6 Å². The highest BCUT2D eigenvalue weighted by molar-refractivity contribution is 5.92. The van der Waals surface area contributed by atoms with Gasteiger partial charge in [-0.3, -0.25) is 14.3 Å². The summed E-state index contributed by atoms with van der Waals surface area (Å²) in [6.45, 7) is 6.14. The summed E-state index contributed by atoms with van der Waals surface area (Å²) in [5.74, 6) is 0.246. The van der Waals surface area contributed by atoms with E-state index in [1.807, 2.05) is 18.7 Å². The van der Waals surface area contributed by atoms with Crippen LogP contribution in [0.4, 0.5) is 0 Å². The quantitative estimate of drug-likeness (QED) is 0.464. The van der Waals surface area contributed by atoms with Crippen molar-refractivity contribution in [3.8, 4) is 0 Å². The number of nitrogens with zero attached hydrogens (tertiary/aromatic N) is 2. The van der Waals surface area contributed by atoms with Crippen molar-refractivity contribution in [2.45, 2.75) is 122 Å². The molecule has 0 radical (unpaired) electrons. The Bertz CT molecular complexity index is 1280. The molecule has 9 atom stereocenters. The number of ketones is 1. The zero-order valence-electron chi connectivity index (χ0n) is 25.8. The first kappa shape index (κ1) is 28.7. The monoisotopic (exact) mass is 580 g/mol. The van der Waals surface area contributed by atoms with Crippen molar-refractivity contribution < 1.29 is 28.9 Å². The number of allylic oxidation sites excluding steroid dienone is 1. The molecule has 1 aromatic rings. The SMILES string of the molecule is CCCC(=O)OCC(=O)[C@@]12OC(C3CCCCC3)O[C@@H]1C[C@H]1[C@@H]3CCC4=Cc5nn(C)cc5C[C@]4(C)[C@H]3[C@@H](O)C[C@@]12C. The van der Waals surface area contributed by atoms with Gasteiger partial charge in [0.2, 0.25) is 5.78 Å². The number of aliphatic hydroxyl groups excluding tert-OH is 1. The lowest BCUT2D eigenvalue weighted by Crippen LogP contribution is -2.64. The van der Waals surface area contributed by atoms with Gasteiger partial charge in [-0.25, -0.2) is 0 Å². The lowest BCUT2D eigenvalue weighted by molar-refractivity contribution is -0.212. The molecule has 8 heteroatoms. The van der Waals surface area contributed by atoms with Crippen molar-refractivity contribution in [1.82, 2.24) is 9.78 Å². The average molecular weight is 581 g/mol. The summed E-state index contributed by atoms with van der Waals surface area (Å²) in [6.07, 6.45) is 13.7. The van der Waals surface area contributed by atoms with Crippen LogP contribution in [0.3, 0.4) is 0 Å². The molecule has 2 heterocycles. The number of aliphatic hydroxyl groups is 1. The molecule has 1 N–H and O–H groups in total. The molecule has 1 saturated heterocycles. The van der Waals surface area contributed by atoms with Crippen LogP contribution in [0.2, 0.25) is 0 Å². The van der Waals surface area contributed by atoms with Crippen molar-refractivity contribution in [3.05, 3.63) is 23.0 Å². The molecule has 42 heavy (non-hydrogen) atoms. The van der Waals surface area contributed by atoms with E-state index in [9.17, 15) is 14.7 Å². The van der Waals surface area contributed by atoms with Gasteiger partial charge in [-0.1, -0.05) is 45.6 Å². The smallest absolute Gasteiger partial charge is 0.306 e. The van der Waals surface area contributed by atoms with E-state index in [1.54, 1.807) is 0 Å². The Kier molecular flexibility index (Phi) is 7.02. The van der Waals surface area contributed by atoms with Crippen LogP contribution in [0.15, 0.2) is 11.8 Å². The fourth-order valence-electron chi connectivity index (χ4n) is 10.7. The average Bonchev–Trinajstić information content (AvgIpc) is 3.59. The summed E-state index contributed by atoms with van der Waals surface area (Å²) in [6, 6.07) is 0. The van der Waals surface area contributed by atoms with Crippen LogP contribution in [0, 0.1) is 34.5 Å². The minimum absolute atomic E-state index is 0.0893. The topological polar surface area (TPSA) is 99.9 Å². The van der Waals surface area contributed by atoms with Crippen LogP contribution >= 0.6 is 0 Å². The second-order valence-electron chi connectivity index (χ2n) is 14.8. The van der Waals surface area contributed by atoms with E-state index in [2.05, 4.69) is 31.2 Å². The maximum absolute atomic E-state index is 14.4. The predicted octanol–water partition coefficient (Wildman–Crippen LogP) is 5.16. The van der Waals surface area contributed by atoms with Gasteiger partial charge in [-0.2, -0.15) is 5.10 Å². The summed E-state index contributed by atoms with van der Waals surface area (Å²) < 4.78 is 21.1. The van der Waals surface area contributed by atoms with Crippen molar-refractivity contribution in [3.63, 3.8) is 0 Å². The van der Waals surface area contributed by atoms with Gasteiger partial charge in [0.25, 0.3) is 0 Å². The van der Waals surface area contributed by atoms with Crippen molar-refractivity contribution >= 4 is 17.8 Å². The normalized spacial score (nSPS) is 42.5. The molecule has 1 unspecified atom stereocenters. The Balaban J connectivity index is 1.22. The molecule has 0 bridgehead atoms. The third-order valence-corrected chi connectivity index (χ3v) is 12.5. The Morgan fingerprint density at radius 2 is 1.98 bits per heavy atom. The molecule has 8 nitrogen and oxygen atoms in total. The zero-order chi connectivity index (χ0) is 29.4. The number of hydrogen-bond donors (Lipinski definition) is 1. The third-order valence-electron chi connectivity index (χ3n) is 12.5. The largest absolute Gasteiger partial charge is 0.458 e. The second kappa shape index (κ2) is 10.3. The first-order chi connectivity index (χ1) is 20.1. The van der Waals surface area contributed by atoms with Crippen LogP contribution in [0.5, 0.6) is 0 Å². The van der Waals surface area contributed by atoms with Gasteiger partial charge in [0.05, 0.1) is 17.9 Å². The molecule has 1 aromatic heterocycles. The number of hydrogen-bond acceptors (Lipinski definition) is 7. The maximum atomic E-state index is 14.4. The molecule has 4 saturated carbocycles. The molecule has 5 aliphatic carbocycles. The van der Waals surface area contributed by atoms with E-state index in [0.717, 1.165) is 57.1 Å². The molecular formula is C34H48N2O6. The summed E-state index contributed by atoms with van der Waals surface area (Å²) in [7, 11) is 1.97. The molecular weight excluding hydrogens is 532 g/mol. The molecule has 7 rings (SSSR count). The number of carbonyl (C=O) groups excluding carboxylic acids is 2. The second-order valence-corrected chi connectivity index (χ2v) is 14.8. The predicted molar refractivity (Wildman–Crippen MR) is 156 cm³/mol. The van der Waals surface area contributed by atoms with Gasteiger partial charge in [-0.05, 0) is 86.2 Å². The third kappa shape index (κ3) is 4.07. The fourth-order valence-corrected chi connectivity index (χ4v) is 10.7. The number of ether oxygens (including phenoxy) is 3. The molecule has 0 spiro atoms. The van der Waals surface area contributed by atoms with Crippen LogP contribution in [0.1, 0.15) is 103 Å². The number of Topliss-reactive ketones (excluding diaryl/α,β-unsaturated/α-hetero) is 1. The molecule has 1 aliphatic heterocycles. The zero-order valence-corrected chi connectivity index (χ0v) is 25.8. The van der Waals surface area contributed by atoms with E-state index in [0.29, 0.717) is 19.3 Å². The number of carbonyl (C=O) groups is 2. The van der Waals surface area contributed by atoms with Crippen LogP contribution in [-0.2, 0) is 37.3 Å². The van der Waals surface area contributed by atoms with Gasteiger partial charge in [0.15, 0.2) is 18.5 Å². The molecule has 5 fully saturated rings. The number of fused-ring (bicyclic) bond motifs is 8. The summed E-state index contributed by atoms with van der Waals surface area (Å²) in [5, 5.41) is 16.8. The van der Waals surface area contributed by atoms with E-state index < -0.39 is 23.4 Å². The molecule has 0 aromatic carbocycles. The van der Waals surface area contributed by atoms with Crippen molar-refractivity contribution in [2.75, 3.05) is 6.61 Å². The molecule has 0 amide bonds. The maximum Gasteiger partial charge on any atom is 0.306 e. The minimum Gasteiger partial charge on any atom is -0.458 e. The van der Waals surface area contributed by atoms with E-state index in [1.165, 1.54) is 17.6 Å².